The van der Waals surface area contributed by atoms with E-state index in [9.17, 15) is 0 Å². The van der Waals surface area contributed by atoms with Gasteiger partial charge in [-0.2, -0.15) is 0 Å². The first-order valence-corrected chi connectivity index (χ1v) is 11.9. The minimum atomic E-state index is 0.322. The van der Waals surface area contributed by atoms with Crippen LogP contribution in [-0.4, -0.2) is 25.5 Å². The number of aromatic hydroxyl groups is 5. The summed E-state index contributed by atoms with van der Waals surface area (Å²) in [5.74, 6) is 1.75. The molecule has 0 aliphatic heterocycles. The van der Waals surface area contributed by atoms with Crippen LogP contribution in [-0.2, 0) is 0 Å². The van der Waals surface area contributed by atoms with Crippen molar-refractivity contribution in [1.29, 1.82) is 0 Å². The van der Waals surface area contributed by atoms with E-state index in [1.54, 1.807) is 66.7 Å². The molecule has 0 heterocycles. The fourth-order valence-corrected chi connectivity index (χ4v) is 2.55. The van der Waals surface area contributed by atoms with Crippen molar-refractivity contribution in [2.24, 2.45) is 0 Å². The van der Waals surface area contributed by atoms with E-state index < -0.39 is 0 Å². The van der Waals surface area contributed by atoms with Crippen LogP contribution in [0.2, 0.25) is 0 Å². The highest BCUT2D eigenvalue weighted by Gasteiger charge is 1.88. The average Bonchev–Trinajstić information content (AvgIpc) is 2.92. The molecule has 0 bridgehead atoms. The summed E-state index contributed by atoms with van der Waals surface area (Å²) in [6.45, 7) is 5.61. The summed E-state index contributed by atoms with van der Waals surface area (Å²) >= 11 is 0. The quantitative estimate of drug-likeness (QED) is 0.145. The van der Waals surface area contributed by atoms with Gasteiger partial charge in [0.15, 0.2) is 0 Å². The molecule has 5 aromatic rings. The molecular weight excluding hydrogens is 476 g/mol. The van der Waals surface area contributed by atoms with E-state index in [1.165, 1.54) is 0 Å². The van der Waals surface area contributed by atoms with Gasteiger partial charge in [-0.25, -0.2) is 0 Å². The van der Waals surface area contributed by atoms with E-state index >= 15 is 0 Å². The lowest BCUT2D eigenvalue weighted by Crippen LogP contribution is -1.68. The van der Waals surface area contributed by atoms with E-state index in [0.29, 0.717) is 28.7 Å². The Bertz CT molecular complexity index is 1090. The maximum atomic E-state index is 8.92. The van der Waals surface area contributed by atoms with Gasteiger partial charge >= 0.3 is 0 Å². The first-order chi connectivity index (χ1) is 18.2. The number of phenolic OH excluding ortho intramolecular Hbond substituents is 5. The Morgan fingerprint density at radius 3 is 0.632 bits per heavy atom. The van der Waals surface area contributed by atoms with Gasteiger partial charge in [0.05, 0.1) is 0 Å². The standard InChI is InChI=1S/3C7H8O.2C6H6O/c3*1-6-4-2-3-5-7(6)8;2*7-6-4-2-1-3-5-6/h3*2-5,8H,1H3;2*1-5,7H. The summed E-state index contributed by atoms with van der Waals surface area (Å²) in [6.07, 6.45) is 0. The summed E-state index contributed by atoms with van der Waals surface area (Å²) in [7, 11) is 0. The minimum absolute atomic E-state index is 0.322. The van der Waals surface area contributed by atoms with Crippen LogP contribution in [0, 0.1) is 20.8 Å². The van der Waals surface area contributed by atoms with Crippen molar-refractivity contribution in [2.75, 3.05) is 0 Å². The van der Waals surface area contributed by atoms with Crippen LogP contribution in [0.15, 0.2) is 133 Å². The maximum absolute atomic E-state index is 8.92. The van der Waals surface area contributed by atoms with Gasteiger partial charge in [-0.15, -0.1) is 0 Å². The molecule has 0 unspecified atom stereocenters. The fourth-order valence-electron chi connectivity index (χ4n) is 2.55. The van der Waals surface area contributed by atoms with Gasteiger partial charge < -0.3 is 25.5 Å². The molecule has 0 saturated heterocycles. The topological polar surface area (TPSA) is 101 Å². The monoisotopic (exact) mass is 512 g/mol. The Balaban J connectivity index is 0.000000238. The lowest BCUT2D eigenvalue weighted by Gasteiger charge is -1.92. The van der Waals surface area contributed by atoms with Crippen molar-refractivity contribution in [1.82, 2.24) is 0 Å². The van der Waals surface area contributed by atoms with Crippen LogP contribution < -0.4 is 0 Å². The zero-order valence-corrected chi connectivity index (χ0v) is 21.9. The average molecular weight is 513 g/mol. The molecule has 5 heteroatoms. The number of para-hydroxylation sites is 5. The van der Waals surface area contributed by atoms with E-state index in [0.717, 1.165) is 16.7 Å². The summed E-state index contributed by atoms with van der Waals surface area (Å²) in [5, 5.41) is 44.0. The molecule has 0 fully saturated rings. The molecular formula is C33H36O5. The van der Waals surface area contributed by atoms with Crippen molar-refractivity contribution in [3.05, 3.63) is 150 Å². The Morgan fingerprint density at radius 1 is 0.289 bits per heavy atom. The molecule has 0 amide bonds. The van der Waals surface area contributed by atoms with Gasteiger partial charge in [-0.3, -0.25) is 0 Å². The van der Waals surface area contributed by atoms with E-state index in [1.807, 2.05) is 87.5 Å². The molecule has 5 aromatic carbocycles. The third kappa shape index (κ3) is 14.5. The highest BCUT2D eigenvalue weighted by Crippen LogP contribution is 2.13. The fraction of sp³-hybridized carbons (Fsp3) is 0.0909. The molecule has 5 N–H and O–H groups in total. The zero-order chi connectivity index (χ0) is 28.2. The first-order valence-electron chi connectivity index (χ1n) is 11.9. The lowest BCUT2D eigenvalue weighted by atomic mass is 10.2. The maximum Gasteiger partial charge on any atom is 0.118 e. The summed E-state index contributed by atoms with van der Waals surface area (Å²) < 4.78 is 0. The van der Waals surface area contributed by atoms with Gasteiger partial charge in [0, 0.05) is 0 Å². The molecule has 0 aliphatic rings. The van der Waals surface area contributed by atoms with Crippen molar-refractivity contribution >= 4 is 0 Å². The van der Waals surface area contributed by atoms with Crippen LogP contribution >= 0.6 is 0 Å². The summed E-state index contributed by atoms with van der Waals surface area (Å²) in [4.78, 5) is 0. The van der Waals surface area contributed by atoms with E-state index in [2.05, 4.69) is 0 Å². The molecule has 0 radical (unpaired) electrons. The largest absolute Gasteiger partial charge is 0.508 e. The molecule has 0 aromatic heterocycles. The number of hydrogen-bond donors (Lipinski definition) is 5. The normalized spacial score (nSPS) is 8.92. The smallest absolute Gasteiger partial charge is 0.118 e. The highest BCUT2D eigenvalue weighted by molar-refractivity contribution is 5.31. The van der Waals surface area contributed by atoms with Crippen LogP contribution in [0.5, 0.6) is 28.7 Å². The van der Waals surface area contributed by atoms with Crippen molar-refractivity contribution in [3.8, 4) is 28.7 Å². The van der Waals surface area contributed by atoms with Gasteiger partial charge in [0.1, 0.15) is 28.7 Å². The Kier molecular flexibility index (Phi) is 15.1. The number of benzene rings is 5. The first kappa shape index (κ1) is 31.1. The second-order valence-electron chi connectivity index (χ2n) is 8.03. The van der Waals surface area contributed by atoms with E-state index in [-0.39, 0.29) is 0 Å². The number of hydrogen-bond acceptors (Lipinski definition) is 5. The molecule has 5 nitrogen and oxygen atoms in total. The predicted molar refractivity (Wildman–Crippen MR) is 155 cm³/mol. The Morgan fingerprint density at radius 2 is 0.500 bits per heavy atom. The van der Waals surface area contributed by atoms with E-state index in [4.69, 9.17) is 25.5 Å². The molecule has 0 atom stereocenters. The Hall–Kier alpha value is -4.90. The third-order valence-electron chi connectivity index (χ3n) is 4.86. The van der Waals surface area contributed by atoms with Gasteiger partial charge in [-0.05, 0) is 79.9 Å². The SMILES string of the molecule is Cc1ccccc1O.Cc1ccccc1O.Cc1ccccc1O.Oc1ccccc1.Oc1ccccc1. The second kappa shape index (κ2) is 18.4. The zero-order valence-electron chi connectivity index (χ0n) is 21.9. The van der Waals surface area contributed by atoms with Crippen LogP contribution in [0.1, 0.15) is 16.7 Å². The number of aryl methyl sites for hydroxylation is 3. The number of phenols is 5. The van der Waals surface area contributed by atoms with Gasteiger partial charge in [0.25, 0.3) is 0 Å². The van der Waals surface area contributed by atoms with Crippen molar-refractivity contribution < 1.29 is 25.5 Å². The molecule has 0 spiro atoms. The Labute approximate surface area is 225 Å². The minimum Gasteiger partial charge on any atom is -0.508 e. The van der Waals surface area contributed by atoms with Crippen molar-refractivity contribution in [3.63, 3.8) is 0 Å². The third-order valence-corrected chi connectivity index (χ3v) is 4.86. The van der Waals surface area contributed by atoms with Gasteiger partial charge in [0.2, 0.25) is 0 Å². The van der Waals surface area contributed by atoms with Crippen LogP contribution in [0.3, 0.4) is 0 Å². The number of rotatable bonds is 0. The summed E-state index contributed by atoms with van der Waals surface area (Å²) in [6, 6.07) is 39.2. The lowest BCUT2D eigenvalue weighted by molar-refractivity contribution is 0.470. The van der Waals surface area contributed by atoms with Crippen LogP contribution in [0.25, 0.3) is 0 Å². The van der Waals surface area contributed by atoms with Crippen LogP contribution in [0.4, 0.5) is 0 Å². The van der Waals surface area contributed by atoms with Crippen molar-refractivity contribution in [2.45, 2.75) is 20.8 Å². The molecule has 38 heavy (non-hydrogen) atoms. The molecule has 5 rings (SSSR count). The van der Waals surface area contributed by atoms with Gasteiger partial charge in [-0.1, -0.05) is 91.0 Å². The molecule has 0 aliphatic carbocycles. The summed E-state index contributed by atoms with van der Waals surface area (Å²) in [5.41, 5.74) is 2.77. The second-order valence-corrected chi connectivity index (χ2v) is 8.03. The molecule has 198 valence electrons. The highest BCUT2D eigenvalue weighted by atomic mass is 16.3. The predicted octanol–water partition coefficient (Wildman–Crippen LogP) is 7.89. The molecule has 0 saturated carbocycles.